The lowest BCUT2D eigenvalue weighted by atomic mass is 10.2. The first-order valence-corrected chi connectivity index (χ1v) is 5.38. The van der Waals surface area contributed by atoms with E-state index in [9.17, 15) is 14.7 Å². The van der Waals surface area contributed by atoms with E-state index in [-0.39, 0.29) is 0 Å². The molecule has 0 aliphatic carbocycles. The number of halogens is 1. The molecule has 1 aliphatic heterocycles. The summed E-state index contributed by atoms with van der Waals surface area (Å²) in [6.45, 7) is -0.404. The monoisotopic (exact) mass is 262 g/mol. The van der Waals surface area contributed by atoms with Crippen LogP contribution in [0, 0.1) is 0 Å². The number of aromatic nitrogens is 2. The van der Waals surface area contributed by atoms with Gasteiger partial charge in [0, 0.05) is 12.3 Å². The second kappa shape index (κ2) is 4.61. The van der Waals surface area contributed by atoms with E-state index < -0.39 is 41.7 Å². The summed E-state index contributed by atoms with van der Waals surface area (Å²) in [4.78, 5) is 24.4. The Morgan fingerprint density at radius 3 is 2.76 bits per heavy atom. The lowest BCUT2D eigenvalue weighted by Gasteiger charge is -2.15. The topological polar surface area (TPSA) is 105 Å². The molecule has 2 heterocycles. The van der Waals surface area contributed by atoms with Crippen LogP contribution in [0.2, 0.25) is 0 Å². The summed E-state index contributed by atoms with van der Waals surface area (Å²) in [6.07, 6.45) is -1.62. The third-order valence-corrected chi connectivity index (χ3v) is 3.07. The predicted octanol–water partition coefficient (Wildman–Crippen LogP) is -1.61. The maximum Gasteiger partial charge on any atom is 0.330 e. The van der Waals surface area contributed by atoms with Gasteiger partial charge in [-0.05, 0) is 0 Å². The van der Waals surface area contributed by atoms with Gasteiger partial charge in [0.15, 0.2) is 6.23 Å². The van der Waals surface area contributed by atoms with Crippen LogP contribution in [-0.4, -0.2) is 44.0 Å². The zero-order chi connectivity index (χ0) is 12.6. The molecular weight excluding hydrogens is 252 g/mol. The van der Waals surface area contributed by atoms with Gasteiger partial charge in [-0.15, -0.1) is 11.6 Å². The first-order valence-electron chi connectivity index (χ1n) is 4.94. The van der Waals surface area contributed by atoms with E-state index in [1.807, 2.05) is 0 Å². The second-order valence-corrected chi connectivity index (χ2v) is 4.20. The first-order chi connectivity index (χ1) is 8.04. The molecule has 1 aromatic rings. The van der Waals surface area contributed by atoms with Crippen LogP contribution in [0.4, 0.5) is 0 Å². The molecule has 1 aromatic heterocycles. The Bertz CT molecular complexity index is 513. The Balaban J connectivity index is 2.35. The molecule has 0 aromatic carbocycles. The highest BCUT2D eigenvalue weighted by Crippen LogP contribution is 2.31. The lowest BCUT2D eigenvalue weighted by Crippen LogP contribution is -2.35. The SMILES string of the molecule is O=c1ccn([C@@H]2O[C@H](CO)[C@H](O)[C@H]2Cl)c(=O)[nH]1. The lowest BCUT2D eigenvalue weighted by molar-refractivity contribution is -0.0457. The maximum atomic E-state index is 11.5. The molecule has 1 aliphatic rings. The fraction of sp³-hybridized carbons (Fsp3) is 0.556. The van der Waals surface area contributed by atoms with E-state index >= 15 is 0 Å². The first kappa shape index (κ1) is 12.3. The van der Waals surface area contributed by atoms with Gasteiger partial charge in [-0.25, -0.2) is 4.79 Å². The molecule has 0 saturated carbocycles. The molecule has 1 fully saturated rings. The van der Waals surface area contributed by atoms with Crippen LogP contribution in [0.15, 0.2) is 21.9 Å². The van der Waals surface area contributed by atoms with Crippen LogP contribution in [0.25, 0.3) is 0 Å². The Kier molecular flexibility index (Phi) is 3.34. The minimum Gasteiger partial charge on any atom is -0.394 e. The molecule has 0 unspecified atom stereocenters. The van der Waals surface area contributed by atoms with Gasteiger partial charge in [0.1, 0.15) is 17.6 Å². The summed E-state index contributed by atoms with van der Waals surface area (Å²) in [7, 11) is 0. The van der Waals surface area contributed by atoms with Crippen LogP contribution >= 0.6 is 11.6 Å². The quantitative estimate of drug-likeness (QED) is 0.557. The van der Waals surface area contributed by atoms with E-state index in [4.69, 9.17) is 21.4 Å². The zero-order valence-corrected chi connectivity index (χ0v) is 9.37. The van der Waals surface area contributed by atoms with Gasteiger partial charge < -0.3 is 14.9 Å². The molecule has 0 radical (unpaired) electrons. The third kappa shape index (κ3) is 2.14. The molecule has 0 amide bonds. The third-order valence-electron chi connectivity index (χ3n) is 2.60. The van der Waals surface area contributed by atoms with E-state index in [1.165, 1.54) is 6.20 Å². The molecule has 8 heteroatoms. The van der Waals surface area contributed by atoms with Crippen molar-refractivity contribution in [1.82, 2.24) is 9.55 Å². The average molecular weight is 263 g/mol. The molecule has 1 saturated heterocycles. The number of H-pyrrole nitrogens is 1. The summed E-state index contributed by atoms with van der Waals surface area (Å²) >= 11 is 5.91. The summed E-state index contributed by atoms with van der Waals surface area (Å²) in [5.41, 5.74) is -1.21. The number of alkyl halides is 1. The summed E-state index contributed by atoms with van der Waals surface area (Å²) in [6, 6.07) is 1.15. The number of aliphatic hydroxyl groups is 2. The van der Waals surface area contributed by atoms with E-state index in [1.54, 1.807) is 0 Å². The van der Waals surface area contributed by atoms with Crippen LogP contribution in [-0.2, 0) is 4.74 Å². The standard InChI is InChI=1S/C9H11ClN2O5/c10-6-7(15)4(3-13)17-8(6)12-2-1-5(14)11-9(12)16/h1-2,4,6-8,13,15H,3H2,(H,11,14,16)/t4-,6-,7+,8-/m1/s1. The highest BCUT2D eigenvalue weighted by Gasteiger charge is 2.43. The molecule has 0 bridgehead atoms. The minimum atomic E-state index is -1.08. The molecule has 4 atom stereocenters. The number of aliphatic hydroxyl groups excluding tert-OH is 2. The maximum absolute atomic E-state index is 11.5. The van der Waals surface area contributed by atoms with Gasteiger partial charge in [-0.3, -0.25) is 14.3 Å². The zero-order valence-electron chi connectivity index (χ0n) is 8.62. The van der Waals surface area contributed by atoms with Gasteiger partial charge >= 0.3 is 5.69 Å². The van der Waals surface area contributed by atoms with E-state index in [0.717, 1.165) is 10.6 Å². The largest absolute Gasteiger partial charge is 0.394 e. The van der Waals surface area contributed by atoms with Crippen molar-refractivity contribution in [3.63, 3.8) is 0 Å². The molecule has 0 spiro atoms. The molecule has 3 N–H and O–H groups in total. The number of nitrogens with one attached hydrogen (secondary N) is 1. The van der Waals surface area contributed by atoms with Gasteiger partial charge in [0.25, 0.3) is 5.56 Å². The van der Waals surface area contributed by atoms with Crippen molar-refractivity contribution in [2.24, 2.45) is 0 Å². The van der Waals surface area contributed by atoms with Crippen LogP contribution in [0.5, 0.6) is 0 Å². The van der Waals surface area contributed by atoms with Crippen LogP contribution in [0.1, 0.15) is 6.23 Å². The molecule has 17 heavy (non-hydrogen) atoms. The normalized spacial score (nSPS) is 32.9. The molecule has 7 nitrogen and oxygen atoms in total. The Morgan fingerprint density at radius 2 is 2.24 bits per heavy atom. The van der Waals surface area contributed by atoms with Crippen molar-refractivity contribution in [3.8, 4) is 0 Å². The fourth-order valence-corrected chi connectivity index (χ4v) is 2.05. The molecule has 2 rings (SSSR count). The van der Waals surface area contributed by atoms with Gasteiger partial charge in [-0.1, -0.05) is 0 Å². The summed E-state index contributed by atoms with van der Waals surface area (Å²) in [5, 5.41) is 17.7. The predicted molar refractivity (Wildman–Crippen MR) is 58.0 cm³/mol. The smallest absolute Gasteiger partial charge is 0.330 e. The molecular formula is C9H11ClN2O5. The van der Waals surface area contributed by atoms with Crippen molar-refractivity contribution in [2.45, 2.75) is 23.8 Å². The fourth-order valence-electron chi connectivity index (χ4n) is 1.71. The number of rotatable bonds is 2. The number of aromatic amines is 1. The molecule has 94 valence electrons. The van der Waals surface area contributed by atoms with Crippen molar-refractivity contribution in [2.75, 3.05) is 6.61 Å². The van der Waals surface area contributed by atoms with Crippen LogP contribution in [0.3, 0.4) is 0 Å². The number of hydrogen-bond donors (Lipinski definition) is 3. The minimum absolute atomic E-state index is 0.404. The highest BCUT2D eigenvalue weighted by molar-refractivity contribution is 6.21. The van der Waals surface area contributed by atoms with Gasteiger partial charge in [-0.2, -0.15) is 0 Å². The van der Waals surface area contributed by atoms with Crippen molar-refractivity contribution in [1.29, 1.82) is 0 Å². The van der Waals surface area contributed by atoms with Crippen molar-refractivity contribution in [3.05, 3.63) is 33.1 Å². The van der Waals surface area contributed by atoms with E-state index in [2.05, 4.69) is 4.98 Å². The van der Waals surface area contributed by atoms with Gasteiger partial charge in [0.05, 0.1) is 6.61 Å². The number of nitrogens with zero attached hydrogens (tertiary/aromatic N) is 1. The van der Waals surface area contributed by atoms with E-state index in [0.29, 0.717) is 0 Å². The van der Waals surface area contributed by atoms with Gasteiger partial charge in [0.2, 0.25) is 0 Å². The summed E-state index contributed by atoms with van der Waals surface area (Å²) < 4.78 is 6.32. The van der Waals surface area contributed by atoms with Crippen molar-refractivity contribution >= 4 is 11.6 Å². The highest BCUT2D eigenvalue weighted by atomic mass is 35.5. The Labute approximate surface area is 100 Å². The van der Waals surface area contributed by atoms with Crippen molar-refractivity contribution < 1.29 is 14.9 Å². The Hall–Kier alpha value is -1.15. The second-order valence-electron chi connectivity index (χ2n) is 3.70. The Morgan fingerprint density at radius 1 is 1.53 bits per heavy atom. The average Bonchev–Trinajstić information content (AvgIpc) is 2.57. The number of hydrogen-bond acceptors (Lipinski definition) is 5. The van der Waals surface area contributed by atoms with Crippen LogP contribution < -0.4 is 11.2 Å². The summed E-state index contributed by atoms with van der Waals surface area (Å²) in [5.74, 6) is 0. The number of ether oxygens (including phenoxy) is 1.